The average molecular weight is 397 g/mol. The standard InChI is InChI=1S/C20H19N3O4S/c1-13(2)27-16-9-7-14(8-10-16)20-22-17(12-28-20)19(24)21-11-15-5-3-4-6-18(15)23(25)26/h3-10,12-13H,11H2,1-2H3,(H,21,24). The number of nitro groups is 1. The van der Waals surface area contributed by atoms with Gasteiger partial charge in [0.15, 0.2) is 0 Å². The smallest absolute Gasteiger partial charge is 0.274 e. The molecule has 1 aromatic heterocycles. The molecular formula is C20H19N3O4S. The number of rotatable bonds is 7. The van der Waals surface area contributed by atoms with E-state index in [1.807, 2.05) is 38.1 Å². The second-order valence-electron chi connectivity index (χ2n) is 6.30. The van der Waals surface area contributed by atoms with Gasteiger partial charge in [-0.05, 0) is 38.1 Å². The number of nitro benzene ring substituents is 1. The number of nitrogens with one attached hydrogen (secondary N) is 1. The van der Waals surface area contributed by atoms with Crippen molar-refractivity contribution in [3.8, 4) is 16.3 Å². The van der Waals surface area contributed by atoms with Gasteiger partial charge in [0, 0.05) is 29.1 Å². The molecule has 3 rings (SSSR count). The molecule has 0 aliphatic heterocycles. The molecule has 0 aliphatic carbocycles. The van der Waals surface area contributed by atoms with Crippen LogP contribution in [-0.4, -0.2) is 21.9 Å². The Balaban J connectivity index is 1.67. The van der Waals surface area contributed by atoms with Crippen LogP contribution in [0.2, 0.25) is 0 Å². The highest BCUT2D eigenvalue weighted by Gasteiger charge is 2.16. The van der Waals surface area contributed by atoms with Crippen molar-refractivity contribution in [2.45, 2.75) is 26.5 Å². The van der Waals surface area contributed by atoms with Crippen molar-refractivity contribution in [3.63, 3.8) is 0 Å². The molecule has 0 atom stereocenters. The summed E-state index contributed by atoms with van der Waals surface area (Å²) in [7, 11) is 0. The fraction of sp³-hybridized carbons (Fsp3) is 0.200. The third-order valence-corrected chi connectivity index (χ3v) is 4.73. The first kappa shape index (κ1) is 19.5. The zero-order valence-corrected chi connectivity index (χ0v) is 16.2. The maximum atomic E-state index is 12.4. The van der Waals surface area contributed by atoms with Crippen molar-refractivity contribution in [1.82, 2.24) is 10.3 Å². The van der Waals surface area contributed by atoms with Crippen molar-refractivity contribution in [2.75, 3.05) is 0 Å². The zero-order valence-electron chi connectivity index (χ0n) is 15.4. The molecule has 0 fully saturated rings. The number of hydrogen-bond acceptors (Lipinski definition) is 6. The molecule has 1 amide bonds. The minimum atomic E-state index is -0.463. The van der Waals surface area contributed by atoms with E-state index in [-0.39, 0.29) is 29.9 Å². The van der Waals surface area contributed by atoms with Crippen LogP contribution in [0.1, 0.15) is 29.9 Å². The van der Waals surface area contributed by atoms with Gasteiger partial charge in [0.25, 0.3) is 11.6 Å². The monoisotopic (exact) mass is 397 g/mol. The molecule has 0 saturated heterocycles. The van der Waals surface area contributed by atoms with Crippen LogP contribution >= 0.6 is 11.3 Å². The van der Waals surface area contributed by atoms with Crippen LogP contribution in [0.3, 0.4) is 0 Å². The molecule has 0 aliphatic rings. The van der Waals surface area contributed by atoms with Crippen LogP contribution < -0.4 is 10.1 Å². The van der Waals surface area contributed by atoms with Gasteiger partial charge in [-0.1, -0.05) is 18.2 Å². The van der Waals surface area contributed by atoms with Gasteiger partial charge in [-0.2, -0.15) is 0 Å². The topological polar surface area (TPSA) is 94.4 Å². The van der Waals surface area contributed by atoms with E-state index in [1.165, 1.54) is 17.4 Å². The molecule has 2 aromatic carbocycles. The van der Waals surface area contributed by atoms with Crippen LogP contribution in [-0.2, 0) is 6.54 Å². The maximum Gasteiger partial charge on any atom is 0.274 e. The fourth-order valence-electron chi connectivity index (χ4n) is 2.56. The first-order valence-electron chi connectivity index (χ1n) is 8.67. The first-order valence-corrected chi connectivity index (χ1v) is 9.55. The Bertz CT molecular complexity index is 983. The summed E-state index contributed by atoms with van der Waals surface area (Å²) in [5, 5.41) is 16.1. The highest BCUT2D eigenvalue weighted by atomic mass is 32.1. The number of para-hydroxylation sites is 1. The number of thiazole rings is 1. The van der Waals surface area contributed by atoms with Gasteiger partial charge in [-0.25, -0.2) is 4.98 Å². The highest BCUT2D eigenvalue weighted by Crippen LogP contribution is 2.26. The number of nitrogens with zero attached hydrogens (tertiary/aromatic N) is 2. The Kier molecular flexibility index (Phi) is 6.00. The van der Waals surface area contributed by atoms with E-state index in [2.05, 4.69) is 10.3 Å². The molecule has 0 radical (unpaired) electrons. The van der Waals surface area contributed by atoms with Crippen molar-refractivity contribution in [3.05, 3.63) is 75.3 Å². The molecule has 0 saturated carbocycles. The molecular weight excluding hydrogens is 378 g/mol. The van der Waals surface area contributed by atoms with Gasteiger partial charge in [-0.15, -0.1) is 11.3 Å². The van der Waals surface area contributed by atoms with E-state index < -0.39 is 4.92 Å². The molecule has 0 unspecified atom stereocenters. The predicted octanol–water partition coefficient (Wildman–Crippen LogP) is 4.44. The summed E-state index contributed by atoms with van der Waals surface area (Å²) < 4.78 is 5.62. The summed E-state index contributed by atoms with van der Waals surface area (Å²) in [6, 6.07) is 13.8. The van der Waals surface area contributed by atoms with E-state index in [4.69, 9.17) is 4.74 Å². The lowest BCUT2D eigenvalue weighted by Crippen LogP contribution is -2.23. The molecule has 7 nitrogen and oxygen atoms in total. The number of carbonyl (C=O) groups excluding carboxylic acids is 1. The van der Waals surface area contributed by atoms with Crippen LogP contribution in [0, 0.1) is 10.1 Å². The lowest BCUT2D eigenvalue weighted by atomic mass is 10.2. The zero-order chi connectivity index (χ0) is 20.1. The minimum Gasteiger partial charge on any atom is -0.491 e. The van der Waals surface area contributed by atoms with Crippen molar-refractivity contribution in [1.29, 1.82) is 0 Å². The van der Waals surface area contributed by atoms with E-state index >= 15 is 0 Å². The lowest BCUT2D eigenvalue weighted by Gasteiger charge is -2.09. The fourth-order valence-corrected chi connectivity index (χ4v) is 3.37. The van der Waals surface area contributed by atoms with Gasteiger partial charge >= 0.3 is 0 Å². The molecule has 144 valence electrons. The van der Waals surface area contributed by atoms with Crippen LogP contribution in [0.15, 0.2) is 53.9 Å². The quantitative estimate of drug-likeness (QED) is 0.470. The predicted molar refractivity (Wildman–Crippen MR) is 108 cm³/mol. The average Bonchev–Trinajstić information content (AvgIpc) is 3.16. The van der Waals surface area contributed by atoms with Gasteiger partial charge in [-0.3, -0.25) is 14.9 Å². The molecule has 1 N–H and O–H groups in total. The van der Waals surface area contributed by atoms with E-state index in [0.717, 1.165) is 11.3 Å². The van der Waals surface area contributed by atoms with Gasteiger partial charge in [0.05, 0.1) is 11.0 Å². The number of benzene rings is 2. The van der Waals surface area contributed by atoms with Crippen LogP contribution in [0.4, 0.5) is 5.69 Å². The number of hydrogen-bond donors (Lipinski definition) is 1. The summed E-state index contributed by atoms with van der Waals surface area (Å²) in [5.41, 5.74) is 1.59. The largest absolute Gasteiger partial charge is 0.491 e. The SMILES string of the molecule is CC(C)Oc1ccc(-c2nc(C(=O)NCc3ccccc3[N+](=O)[O-])cs2)cc1. The van der Waals surface area contributed by atoms with Crippen LogP contribution in [0.5, 0.6) is 5.75 Å². The Labute approximate surface area is 166 Å². The Hall–Kier alpha value is -3.26. The van der Waals surface area contributed by atoms with Crippen molar-refractivity contribution < 1.29 is 14.5 Å². The Morgan fingerprint density at radius 2 is 1.93 bits per heavy atom. The molecule has 0 bridgehead atoms. The molecule has 1 heterocycles. The third kappa shape index (κ3) is 4.72. The molecule has 3 aromatic rings. The lowest BCUT2D eigenvalue weighted by molar-refractivity contribution is -0.385. The van der Waals surface area contributed by atoms with Gasteiger partial charge in [0.2, 0.25) is 0 Å². The van der Waals surface area contributed by atoms with E-state index in [9.17, 15) is 14.9 Å². The van der Waals surface area contributed by atoms with Gasteiger partial charge < -0.3 is 10.1 Å². The summed E-state index contributed by atoms with van der Waals surface area (Å²) in [6.45, 7) is 3.98. The number of amides is 1. The second-order valence-corrected chi connectivity index (χ2v) is 7.16. The molecule has 28 heavy (non-hydrogen) atoms. The normalized spacial score (nSPS) is 10.7. The first-order chi connectivity index (χ1) is 13.4. The summed E-state index contributed by atoms with van der Waals surface area (Å²) in [5.74, 6) is 0.401. The molecule has 8 heteroatoms. The highest BCUT2D eigenvalue weighted by molar-refractivity contribution is 7.13. The van der Waals surface area contributed by atoms with Crippen molar-refractivity contribution >= 4 is 22.9 Å². The van der Waals surface area contributed by atoms with Crippen LogP contribution in [0.25, 0.3) is 10.6 Å². The number of ether oxygens (including phenoxy) is 1. The second kappa shape index (κ2) is 8.62. The number of carbonyl (C=O) groups is 1. The van der Waals surface area contributed by atoms with E-state index in [0.29, 0.717) is 10.6 Å². The minimum absolute atomic E-state index is 0.0227. The summed E-state index contributed by atoms with van der Waals surface area (Å²) >= 11 is 1.36. The maximum absolute atomic E-state index is 12.4. The summed E-state index contributed by atoms with van der Waals surface area (Å²) in [4.78, 5) is 27.3. The number of aromatic nitrogens is 1. The third-order valence-electron chi connectivity index (χ3n) is 3.84. The van der Waals surface area contributed by atoms with Gasteiger partial charge in [0.1, 0.15) is 16.5 Å². The Morgan fingerprint density at radius 3 is 2.61 bits per heavy atom. The summed E-state index contributed by atoms with van der Waals surface area (Å²) in [6.07, 6.45) is 0.0986. The Morgan fingerprint density at radius 1 is 1.21 bits per heavy atom. The van der Waals surface area contributed by atoms with Crippen molar-refractivity contribution in [2.24, 2.45) is 0 Å². The van der Waals surface area contributed by atoms with E-state index in [1.54, 1.807) is 23.6 Å². The molecule has 0 spiro atoms.